The summed E-state index contributed by atoms with van der Waals surface area (Å²) < 4.78 is 11.7. The lowest BCUT2D eigenvalue weighted by molar-refractivity contribution is -0.132. The summed E-state index contributed by atoms with van der Waals surface area (Å²) in [5, 5.41) is 0.983. The third-order valence-electron chi connectivity index (χ3n) is 5.44. The van der Waals surface area contributed by atoms with E-state index in [1.807, 2.05) is 29.2 Å². The lowest BCUT2D eigenvalue weighted by atomic mass is 10.1. The van der Waals surface area contributed by atoms with Crippen LogP contribution in [0.15, 0.2) is 42.5 Å². The first-order valence-corrected chi connectivity index (χ1v) is 11.0. The highest BCUT2D eigenvalue weighted by atomic mass is 32.1. The van der Waals surface area contributed by atoms with E-state index >= 15 is 0 Å². The van der Waals surface area contributed by atoms with Crippen LogP contribution in [-0.4, -0.2) is 67.0 Å². The first-order chi connectivity index (χ1) is 15.1. The fourth-order valence-electron chi connectivity index (χ4n) is 3.71. The lowest BCUT2D eigenvalue weighted by Gasteiger charge is -2.35. The van der Waals surface area contributed by atoms with E-state index in [0.29, 0.717) is 56.1 Å². The number of hydrogen-bond donors (Lipinski definition) is 0. The topological polar surface area (TPSA) is 72.0 Å². The van der Waals surface area contributed by atoms with Crippen LogP contribution in [0.25, 0.3) is 10.2 Å². The fourth-order valence-corrected chi connectivity index (χ4v) is 4.68. The van der Waals surface area contributed by atoms with Gasteiger partial charge in [-0.25, -0.2) is 4.98 Å². The number of ether oxygens (including phenoxy) is 2. The van der Waals surface area contributed by atoms with Gasteiger partial charge in [0.2, 0.25) is 5.91 Å². The third kappa shape index (κ3) is 4.64. The lowest BCUT2D eigenvalue weighted by Crippen LogP contribution is -2.50. The average Bonchev–Trinajstić information content (AvgIpc) is 3.24. The molecular weight excluding hydrogens is 414 g/mol. The summed E-state index contributed by atoms with van der Waals surface area (Å²) in [7, 11) is 3.11. The molecule has 0 spiro atoms. The normalized spacial score (nSPS) is 14.0. The first kappa shape index (κ1) is 21.1. The second-order valence-electron chi connectivity index (χ2n) is 7.32. The van der Waals surface area contributed by atoms with Gasteiger partial charge < -0.3 is 19.3 Å². The van der Waals surface area contributed by atoms with E-state index in [1.165, 1.54) is 0 Å². The van der Waals surface area contributed by atoms with Crippen LogP contribution in [0.3, 0.4) is 0 Å². The fraction of sp³-hybridized carbons (Fsp3) is 0.348. The van der Waals surface area contributed by atoms with Crippen LogP contribution in [0.1, 0.15) is 21.8 Å². The Bertz CT molecular complexity index is 1060. The molecule has 162 valence electrons. The van der Waals surface area contributed by atoms with E-state index < -0.39 is 0 Å². The molecule has 1 aromatic heterocycles. The van der Waals surface area contributed by atoms with Gasteiger partial charge in [0.05, 0.1) is 29.4 Å². The highest BCUT2D eigenvalue weighted by Gasteiger charge is 2.25. The molecule has 0 radical (unpaired) electrons. The third-order valence-corrected chi connectivity index (χ3v) is 6.54. The number of carbonyl (C=O) groups is 2. The van der Waals surface area contributed by atoms with E-state index in [4.69, 9.17) is 9.47 Å². The molecule has 0 bridgehead atoms. The van der Waals surface area contributed by atoms with Crippen molar-refractivity contribution >= 4 is 33.4 Å². The van der Waals surface area contributed by atoms with Crippen LogP contribution in [-0.2, 0) is 11.2 Å². The monoisotopic (exact) mass is 439 g/mol. The van der Waals surface area contributed by atoms with Gasteiger partial charge in [-0.15, -0.1) is 11.3 Å². The van der Waals surface area contributed by atoms with Crippen molar-refractivity contribution in [1.29, 1.82) is 0 Å². The Hall–Kier alpha value is -3.13. The molecule has 2 aromatic carbocycles. The number of benzene rings is 2. The van der Waals surface area contributed by atoms with Crippen molar-refractivity contribution in [2.24, 2.45) is 0 Å². The number of carbonyl (C=O) groups excluding carboxylic acids is 2. The van der Waals surface area contributed by atoms with Gasteiger partial charge in [-0.2, -0.15) is 0 Å². The minimum Gasteiger partial charge on any atom is -0.493 e. The molecule has 4 rings (SSSR count). The standard InChI is InChI=1S/C23H25N3O4S/c1-29-18-8-7-16(15-19(18)30-2)23(28)26-13-11-25(12-14-26)22(27)10-9-21-24-17-5-3-4-6-20(17)31-21/h3-8,15H,9-14H2,1-2H3. The minimum absolute atomic E-state index is 0.0671. The van der Waals surface area contributed by atoms with Crippen LogP contribution in [0.2, 0.25) is 0 Å². The summed E-state index contributed by atoms with van der Waals surface area (Å²) in [6, 6.07) is 13.2. The Kier molecular flexibility index (Phi) is 6.36. The number of thiazole rings is 1. The summed E-state index contributed by atoms with van der Waals surface area (Å²) in [5.74, 6) is 1.15. The van der Waals surface area contributed by atoms with Crippen molar-refractivity contribution in [2.75, 3.05) is 40.4 Å². The Morgan fingerprint density at radius 1 is 0.968 bits per heavy atom. The van der Waals surface area contributed by atoms with Crippen molar-refractivity contribution in [3.05, 3.63) is 53.0 Å². The van der Waals surface area contributed by atoms with E-state index in [-0.39, 0.29) is 11.8 Å². The number of para-hydroxylation sites is 1. The molecule has 2 amide bonds. The number of rotatable bonds is 6. The van der Waals surface area contributed by atoms with Crippen LogP contribution in [0.5, 0.6) is 11.5 Å². The van der Waals surface area contributed by atoms with E-state index in [0.717, 1.165) is 15.2 Å². The molecule has 0 N–H and O–H groups in total. The van der Waals surface area contributed by atoms with Crippen molar-refractivity contribution < 1.29 is 19.1 Å². The maximum absolute atomic E-state index is 12.9. The van der Waals surface area contributed by atoms with Crippen LogP contribution in [0.4, 0.5) is 0 Å². The Balaban J connectivity index is 1.30. The molecule has 7 nitrogen and oxygen atoms in total. The molecular formula is C23H25N3O4S. The Labute approximate surface area is 185 Å². The van der Waals surface area contributed by atoms with Crippen molar-refractivity contribution in [1.82, 2.24) is 14.8 Å². The van der Waals surface area contributed by atoms with Gasteiger partial charge in [-0.3, -0.25) is 9.59 Å². The summed E-state index contributed by atoms with van der Waals surface area (Å²) in [5.41, 5.74) is 1.53. The SMILES string of the molecule is COc1ccc(C(=O)N2CCN(C(=O)CCc3nc4ccccc4s3)CC2)cc1OC. The molecule has 2 heterocycles. The summed E-state index contributed by atoms with van der Waals surface area (Å²) in [4.78, 5) is 33.7. The van der Waals surface area contributed by atoms with Gasteiger partial charge in [0, 0.05) is 44.6 Å². The minimum atomic E-state index is -0.0671. The van der Waals surface area contributed by atoms with Crippen LogP contribution >= 0.6 is 11.3 Å². The molecule has 1 aliphatic heterocycles. The van der Waals surface area contributed by atoms with E-state index in [2.05, 4.69) is 4.98 Å². The second kappa shape index (κ2) is 9.34. The molecule has 0 unspecified atom stereocenters. The number of methoxy groups -OCH3 is 2. The first-order valence-electron chi connectivity index (χ1n) is 10.2. The number of nitrogens with zero attached hydrogens (tertiary/aromatic N) is 3. The zero-order valence-corrected chi connectivity index (χ0v) is 18.5. The molecule has 8 heteroatoms. The van der Waals surface area contributed by atoms with Gasteiger partial charge in [0.15, 0.2) is 11.5 Å². The Morgan fingerprint density at radius 2 is 1.68 bits per heavy atom. The van der Waals surface area contributed by atoms with Gasteiger partial charge >= 0.3 is 0 Å². The molecule has 1 saturated heterocycles. The molecule has 3 aromatic rings. The van der Waals surface area contributed by atoms with Crippen molar-refractivity contribution in [3.8, 4) is 11.5 Å². The molecule has 0 atom stereocenters. The van der Waals surface area contributed by atoms with Gasteiger partial charge in [-0.1, -0.05) is 12.1 Å². The molecule has 31 heavy (non-hydrogen) atoms. The zero-order chi connectivity index (χ0) is 21.8. The summed E-state index contributed by atoms with van der Waals surface area (Å²) in [6.07, 6.45) is 1.08. The van der Waals surface area contributed by atoms with Gasteiger partial charge in [0.25, 0.3) is 5.91 Å². The average molecular weight is 440 g/mol. The maximum Gasteiger partial charge on any atom is 0.254 e. The van der Waals surface area contributed by atoms with Crippen LogP contribution in [0, 0.1) is 0 Å². The number of piperazine rings is 1. The highest BCUT2D eigenvalue weighted by Crippen LogP contribution is 2.28. The van der Waals surface area contributed by atoms with Crippen molar-refractivity contribution in [2.45, 2.75) is 12.8 Å². The number of fused-ring (bicyclic) bond motifs is 1. The maximum atomic E-state index is 12.9. The van der Waals surface area contributed by atoms with Crippen LogP contribution < -0.4 is 9.47 Å². The predicted molar refractivity (Wildman–Crippen MR) is 120 cm³/mol. The van der Waals surface area contributed by atoms with E-state index in [9.17, 15) is 9.59 Å². The number of aromatic nitrogens is 1. The molecule has 0 aliphatic carbocycles. The predicted octanol–water partition coefficient (Wildman–Crippen LogP) is 3.23. The zero-order valence-electron chi connectivity index (χ0n) is 17.7. The summed E-state index contributed by atoms with van der Waals surface area (Å²) in [6.45, 7) is 2.11. The summed E-state index contributed by atoms with van der Waals surface area (Å²) >= 11 is 1.64. The smallest absolute Gasteiger partial charge is 0.254 e. The number of amides is 2. The second-order valence-corrected chi connectivity index (χ2v) is 8.43. The molecule has 1 aliphatic rings. The van der Waals surface area contributed by atoms with Gasteiger partial charge in [0.1, 0.15) is 0 Å². The van der Waals surface area contributed by atoms with Gasteiger partial charge in [-0.05, 0) is 30.3 Å². The largest absolute Gasteiger partial charge is 0.493 e. The quantitative estimate of drug-likeness (QED) is 0.590. The number of hydrogen-bond acceptors (Lipinski definition) is 6. The number of aryl methyl sites for hydroxylation is 1. The highest BCUT2D eigenvalue weighted by molar-refractivity contribution is 7.18. The molecule has 1 fully saturated rings. The molecule has 0 saturated carbocycles. The Morgan fingerprint density at radius 3 is 2.39 bits per heavy atom. The van der Waals surface area contributed by atoms with E-state index in [1.54, 1.807) is 48.7 Å². The van der Waals surface area contributed by atoms with Crippen molar-refractivity contribution in [3.63, 3.8) is 0 Å².